The number of rotatable bonds is 25. The van der Waals surface area contributed by atoms with Gasteiger partial charge in [-0.3, -0.25) is 19.2 Å². The first-order valence-corrected chi connectivity index (χ1v) is 32.0. The lowest BCUT2D eigenvalue weighted by atomic mass is 9.93. The van der Waals surface area contributed by atoms with Crippen LogP contribution in [-0.4, -0.2) is 423 Å². The van der Waals surface area contributed by atoms with Gasteiger partial charge in [-0.25, -0.2) is 0 Å². The Hall–Kier alpha value is -3.56. The van der Waals surface area contributed by atoms with Gasteiger partial charge in [0.25, 0.3) is 0 Å². The third-order valence-corrected chi connectivity index (χ3v) is 18.2. The van der Waals surface area contributed by atoms with Crippen LogP contribution in [0.2, 0.25) is 0 Å². The highest BCUT2D eigenvalue weighted by Gasteiger charge is 2.60. The van der Waals surface area contributed by atoms with Crippen molar-refractivity contribution in [2.45, 2.75) is 280 Å². The molecule has 0 spiro atoms. The van der Waals surface area contributed by atoms with Crippen molar-refractivity contribution < 1.29 is 197 Å². The Morgan fingerprint density at radius 2 is 0.620 bits per heavy atom. The summed E-state index contributed by atoms with van der Waals surface area (Å²) < 4.78 is 88.8. The maximum absolute atomic E-state index is 13.1. The van der Waals surface area contributed by atoms with Crippen molar-refractivity contribution in [2.75, 3.05) is 46.2 Å². The highest BCUT2D eigenvalue weighted by Crippen LogP contribution is 2.38. The van der Waals surface area contributed by atoms with E-state index in [0.717, 1.165) is 27.7 Å². The Labute approximate surface area is 567 Å². The summed E-state index contributed by atoms with van der Waals surface area (Å²) in [7, 11) is 0. The fraction of sp³-hybridized carbons (Fsp3) is 0.929. The van der Waals surface area contributed by atoms with E-state index in [-0.39, 0.29) is 0 Å². The summed E-state index contributed by atoms with van der Waals surface area (Å²) in [6.45, 7) is -1.92. The van der Waals surface area contributed by atoms with Gasteiger partial charge < -0.3 is 200 Å². The Morgan fingerprint density at radius 1 is 0.280 bits per heavy atom. The van der Waals surface area contributed by atoms with Gasteiger partial charge in [0.05, 0.1) is 52.4 Å². The molecule has 0 unspecified atom stereocenters. The lowest BCUT2D eigenvalue weighted by molar-refractivity contribution is -0.396. The summed E-state index contributed by atoms with van der Waals surface area (Å²) in [6, 6.07) is -7.10. The molecule has 8 saturated heterocycles. The molecule has 8 aliphatic heterocycles. The number of carbonyl (C=O) groups excluding carboxylic acids is 4. The smallest absolute Gasteiger partial charge is 0.217 e. The van der Waals surface area contributed by atoms with Crippen LogP contribution in [0.5, 0.6) is 0 Å². The number of aliphatic hydroxyl groups is 21. The summed E-state index contributed by atoms with van der Waals surface area (Å²) in [4.78, 5) is 50.2. The number of aliphatic hydroxyl groups excluding tert-OH is 21. The van der Waals surface area contributed by atoms with Crippen LogP contribution >= 0.6 is 0 Å². The van der Waals surface area contributed by atoms with Crippen molar-refractivity contribution >= 4 is 23.6 Å². The maximum atomic E-state index is 13.1. The van der Waals surface area contributed by atoms with Crippen molar-refractivity contribution in [1.82, 2.24) is 21.3 Å². The molecular formula is C56H94N4O40. The predicted molar refractivity (Wildman–Crippen MR) is 309 cm³/mol. The van der Waals surface area contributed by atoms with E-state index in [9.17, 15) is 126 Å². The Balaban J connectivity index is 1.14. The van der Waals surface area contributed by atoms with E-state index >= 15 is 0 Å². The molecule has 8 heterocycles. The number of hydrogen-bond acceptors (Lipinski definition) is 40. The minimum atomic E-state index is -2.50. The van der Waals surface area contributed by atoms with Gasteiger partial charge in [-0.05, 0) is 6.92 Å². The van der Waals surface area contributed by atoms with Crippen LogP contribution in [0.25, 0.3) is 0 Å². The van der Waals surface area contributed by atoms with E-state index < -0.39 is 315 Å². The van der Waals surface area contributed by atoms with Gasteiger partial charge in [-0.15, -0.1) is 0 Å². The molecule has 0 saturated carbocycles. The fourth-order valence-electron chi connectivity index (χ4n) is 12.8. The predicted octanol–water partition coefficient (Wildman–Crippen LogP) is -16.8. The summed E-state index contributed by atoms with van der Waals surface area (Å²) >= 11 is 0. The van der Waals surface area contributed by atoms with Crippen LogP contribution in [0.15, 0.2) is 0 Å². The molecule has 0 bridgehead atoms. The second-order valence-corrected chi connectivity index (χ2v) is 25.4. The number of ether oxygens (including phenoxy) is 15. The largest absolute Gasteiger partial charge is 0.394 e. The molecule has 4 amide bonds. The first kappa shape index (κ1) is 82.1. The van der Waals surface area contributed by atoms with Gasteiger partial charge in [0.15, 0.2) is 50.3 Å². The third kappa shape index (κ3) is 18.3. The van der Waals surface area contributed by atoms with Crippen molar-refractivity contribution in [2.24, 2.45) is 0 Å². The molecule has 0 aromatic rings. The van der Waals surface area contributed by atoms with Crippen LogP contribution in [-0.2, 0) is 90.2 Å². The average Bonchev–Trinajstić information content (AvgIpc) is 0.770. The number of amides is 4. The van der Waals surface area contributed by atoms with Gasteiger partial charge in [-0.2, -0.15) is 0 Å². The van der Waals surface area contributed by atoms with Crippen LogP contribution in [0.4, 0.5) is 0 Å². The van der Waals surface area contributed by atoms with Gasteiger partial charge in [0.1, 0.15) is 189 Å². The van der Waals surface area contributed by atoms with Gasteiger partial charge in [0, 0.05) is 27.7 Å². The second kappa shape index (κ2) is 35.7. The van der Waals surface area contributed by atoms with Gasteiger partial charge >= 0.3 is 0 Å². The zero-order valence-electron chi connectivity index (χ0n) is 54.2. The highest BCUT2D eigenvalue weighted by atomic mass is 16.8. The molecule has 8 rings (SSSR count). The molecule has 44 nitrogen and oxygen atoms in total. The Kier molecular flexibility index (Phi) is 29.3. The molecule has 578 valence electrons. The summed E-state index contributed by atoms with van der Waals surface area (Å²) in [5.74, 6) is -3.42. The number of nitrogens with one attached hydrogen (secondary N) is 4. The molecule has 0 radical (unpaired) electrons. The third-order valence-electron chi connectivity index (χ3n) is 18.2. The van der Waals surface area contributed by atoms with E-state index in [1.807, 2.05) is 0 Å². The highest BCUT2D eigenvalue weighted by molar-refractivity contribution is 5.74. The summed E-state index contributed by atoms with van der Waals surface area (Å²) in [5, 5.41) is 242. The van der Waals surface area contributed by atoms with Crippen molar-refractivity contribution in [3.8, 4) is 0 Å². The first-order valence-electron chi connectivity index (χ1n) is 32.0. The average molecular weight is 1460 g/mol. The van der Waals surface area contributed by atoms with Crippen LogP contribution in [0, 0.1) is 0 Å². The monoisotopic (exact) mass is 1460 g/mol. The minimum absolute atomic E-state index is 0.809. The molecule has 8 aliphatic rings. The molecule has 0 aromatic heterocycles. The zero-order valence-corrected chi connectivity index (χ0v) is 54.2. The van der Waals surface area contributed by atoms with Crippen LogP contribution in [0.1, 0.15) is 34.6 Å². The SMILES string of the molecule is CC(=O)N[C@@H]1[C@@H](O)[C@H](O[C@H]2O[C@H](CO)[C@@H](O[C@@H]3O[C@H](CO[C@H]4O[C@H](CO)[C@@H](O)[C@H](O)[C@@H]4O[C@@H]4O[C@H](CO)[C@@H](O)[C@H](O)[C@H]4NC(C)=O)[C@@H](O)[C@H](O[C@H]4O[C@H](CO)[C@@H](O)[C@H](O)[C@@H]4O[C@@H]4O[C@H](CO)[C@@H](O)[C@H](O)[C@H]4NC(C)=O)[C@@H]3O)[C@H](O)[C@H]2NC(C)=O)[C@@H](CO[C@@H]2O[C@@H](C)[C@@H](O)[C@@H](O)[C@@H]2O)O[C@H]1O. The van der Waals surface area contributed by atoms with Crippen molar-refractivity contribution in [1.29, 1.82) is 0 Å². The van der Waals surface area contributed by atoms with Crippen LogP contribution < -0.4 is 21.3 Å². The maximum Gasteiger partial charge on any atom is 0.217 e. The Bertz CT molecular complexity index is 2620. The van der Waals surface area contributed by atoms with E-state index in [1.165, 1.54) is 6.92 Å². The zero-order chi connectivity index (χ0) is 73.8. The summed E-state index contributed by atoms with van der Waals surface area (Å²) in [6.07, 6.45) is -71.6. The van der Waals surface area contributed by atoms with E-state index in [0.29, 0.717) is 0 Å². The van der Waals surface area contributed by atoms with E-state index in [2.05, 4.69) is 21.3 Å². The quantitative estimate of drug-likeness (QED) is 0.0404. The molecule has 0 aromatic carbocycles. The molecule has 100 heavy (non-hydrogen) atoms. The van der Waals surface area contributed by atoms with Gasteiger partial charge in [-0.1, -0.05) is 0 Å². The fourth-order valence-corrected chi connectivity index (χ4v) is 12.8. The molecule has 25 N–H and O–H groups in total. The van der Waals surface area contributed by atoms with Crippen molar-refractivity contribution in [3.05, 3.63) is 0 Å². The molecule has 44 heteroatoms. The summed E-state index contributed by atoms with van der Waals surface area (Å²) in [5.41, 5.74) is 0. The van der Waals surface area contributed by atoms with E-state index in [1.54, 1.807) is 0 Å². The second-order valence-electron chi connectivity index (χ2n) is 25.4. The molecule has 0 aliphatic carbocycles. The van der Waals surface area contributed by atoms with E-state index in [4.69, 9.17) is 71.1 Å². The molecule has 40 atom stereocenters. The lowest BCUT2D eigenvalue weighted by Gasteiger charge is -2.51. The number of carbonyl (C=O) groups is 4. The first-order chi connectivity index (χ1) is 47.2. The standard InChI is InChI=1S/C56H94N4O40/c1-13-29(70)39(80)42(83)53(88-13)86-12-24-45(37(78)25(49(85)89-24)57-14(2)66)96-52-28(60-17(5)69)38(79)44(22(10-65)94-52)97-54-43(84)46(98-56-48(41(82)33(74)21(9-64)93-56)100-51-27(59-16(4)68)36(77)31(72)19(7-62)91-51)34(75)23(95-54)11-87-55-47(40(81)32(73)20(8-63)92-55)99-50-26(58-15(3)67)35(76)30(71)18(6-61)90-50/h13,18-56,61-65,70-85H,6-12H2,1-5H3,(H,57,66)(H,58,67)(H,59,68)(H,60,69)/t13-,18+,19+,20+,21+,22+,23+,24+,25+,26+,27+,28+,29+,30+,31+,32+,33+,34+,35+,36+,37+,38+,39+,40-,41-,42-,43-,44+,45+,46-,47-,48-,49+,50-,51-,52+,53+,54-,55-,56+/m0/s1. The van der Waals surface area contributed by atoms with Gasteiger partial charge in [0.2, 0.25) is 23.6 Å². The van der Waals surface area contributed by atoms with Crippen LogP contribution in [0.3, 0.4) is 0 Å². The number of hydrogen-bond donors (Lipinski definition) is 25. The molecule has 8 fully saturated rings. The van der Waals surface area contributed by atoms with Crippen molar-refractivity contribution in [3.63, 3.8) is 0 Å². The Morgan fingerprint density at radius 3 is 1.09 bits per heavy atom. The normalized spacial score (nSPS) is 48.7. The minimum Gasteiger partial charge on any atom is -0.394 e. The lowest BCUT2D eigenvalue weighted by Crippen LogP contribution is -2.71. The molecular weight excluding hydrogens is 1370 g/mol. The topological polar surface area (TPSA) is 680 Å².